The molecule has 0 fully saturated rings. The minimum Gasteiger partial charge on any atom is -0.147 e. The van der Waals surface area contributed by atoms with Gasteiger partial charge in [0.25, 0.3) is 0 Å². The SMILES string of the molecule is C=CCCC1=[C]([Ti][C]2=C(CCC=C)C=CC2)CC=C1.Cl.Cl. The van der Waals surface area contributed by atoms with E-state index in [1.807, 2.05) is 12.2 Å². The van der Waals surface area contributed by atoms with E-state index in [0.717, 1.165) is 12.8 Å². The average Bonchev–Trinajstić information content (AvgIpc) is 3.04. The van der Waals surface area contributed by atoms with Gasteiger partial charge in [-0.15, -0.1) is 24.8 Å². The normalized spacial score (nSPS) is 15.8. The van der Waals surface area contributed by atoms with E-state index in [2.05, 4.69) is 37.5 Å². The van der Waals surface area contributed by atoms with Gasteiger partial charge in [0.15, 0.2) is 0 Å². The molecule has 0 saturated carbocycles. The standard InChI is InChI=1S/2C9H11.2ClH.Ti/c2*1-2-3-6-9-7-4-5-8-9;;;/h2*2,4,7H,1,3,5-6H2;2*1H;. The molecule has 2 rings (SSSR count). The maximum Gasteiger partial charge on any atom is -0.147 e. The number of hydrogen-bond donors (Lipinski definition) is 0. The van der Waals surface area contributed by atoms with E-state index in [9.17, 15) is 0 Å². The molecule has 0 amide bonds. The van der Waals surface area contributed by atoms with Crippen molar-refractivity contribution in [1.29, 1.82) is 0 Å². The van der Waals surface area contributed by atoms with Gasteiger partial charge >= 0.3 is 126 Å². The number of halogens is 2. The predicted molar refractivity (Wildman–Crippen MR) is 94.9 cm³/mol. The van der Waals surface area contributed by atoms with E-state index in [1.165, 1.54) is 25.7 Å². The van der Waals surface area contributed by atoms with Gasteiger partial charge in [0.2, 0.25) is 0 Å². The molecule has 2 aliphatic carbocycles. The Kier molecular flexibility index (Phi) is 11.2. The zero-order valence-corrected chi connectivity index (χ0v) is 15.6. The third-order valence-electron chi connectivity index (χ3n) is 3.59. The van der Waals surface area contributed by atoms with Crippen molar-refractivity contribution in [3.63, 3.8) is 0 Å². The van der Waals surface area contributed by atoms with Crippen molar-refractivity contribution in [1.82, 2.24) is 0 Å². The van der Waals surface area contributed by atoms with Crippen molar-refractivity contribution in [2.75, 3.05) is 0 Å². The monoisotopic (exact) mass is 358 g/mol. The van der Waals surface area contributed by atoms with Gasteiger partial charge in [-0.2, -0.15) is 0 Å². The fraction of sp³-hybridized carbons (Fsp3) is 0.333. The fourth-order valence-electron chi connectivity index (χ4n) is 2.53. The molecule has 0 nitrogen and oxygen atoms in total. The first kappa shape index (κ1) is 20.7. The van der Waals surface area contributed by atoms with E-state index in [0.29, 0.717) is 0 Å². The molecule has 0 aromatic carbocycles. The van der Waals surface area contributed by atoms with E-state index in [1.54, 1.807) is 18.9 Å². The summed E-state index contributed by atoms with van der Waals surface area (Å²) < 4.78 is 3.49. The third-order valence-corrected chi connectivity index (χ3v) is 6.18. The Hall–Kier alpha value is -0.266. The number of hydrogen-bond acceptors (Lipinski definition) is 0. The Morgan fingerprint density at radius 1 is 0.857 bits per heavy atom. The van der Waals surface area contributed by atoms with Gasteiger partial charge < -0.3 is 0 Å². The number of rotatable bonds is 8. The van der Waals surface area contributed by atoms with Crippen LogP contribution in [-0.2, 0) is 19.2 Å². The molecule has 0 spiro atoms. The van der Waals surface area contributed by atoms with Crippen molar-refractivity contribution in [3.8, 4) is 0 Å². The molecule has 0 unspecified atom stereocenters. The molecule has 0 saturated heterocycles. The van der Waals surface area contributed by atoms with E-state index >= 15 is 0 Å². The van der Waals surface area contributed by atoms with Gasteiger partial charge in [0, 0.05) is 0 Å². The quantitative estimate of drug-likeness (QED) is 0.354. The van der Waals surface area contributed by atoms with Crippen LogP contribution in [0.4, 0.5) is 0 Å². The number of allylic oxidation sites excluding steroid dienone is 10. The van der Waals surface area contributed by atoms with Crippen LogP contribution in [0.5, 0.6) is 0 Å². The Bertz CT molecular complexity index is 437. The molecule has 2 aliphatic rings. The molecule has 0 bridgehead atoms. The first-order valence-electron chi connectivity index (χ1n) is 7.11. The van der Waals surface area contributed by atoms with Gasteiger partial charge in [-0.05, 0) is 0 Å². The van der Waals surface area contributed by atoms with E-state index in [4.69, 9.17) is 0 Å². The second-order valence-electron chi connectivity index (χ2n) is 5.00. The van der Waals surface area contributed by atoms with Crippen LogP contribution in [0.1, 0.15) is 38.5 Å². The topological polar surface area (TPSA) is 0 Å². The van der Waals surface area contributed by atoms with Crippen molar-refractivity contribution in [2.24, 2.45) is 0 Å². The summed E-state index contributed by atoms with van der Waals surface area (Å²) in [6, 6.07) is 0. The van der Waals surface area contributed by atoms with Gasteiger partial charge in [-0.25, -0.2) is 0 Å². The summed E-state index contributed by atoms with van der Waals surface area (Å²) in [6.45, 7) is 7.66. The molecule has 0 aromatic heterocycles. The van der Waals surface area contributed by atoms with Crippen LogP contribution in [0.25, 0.3) is 0 Å². The molecule has 0 N–H and O–H groups in total. The van der Waals surface area contributed by atoms with Crippen molar-refractivity contribution in [2.45, 2.75) is 38.5 Å². The zero-order valence-electron chi connectivity index (χ0n) is 12.4. The predicted octanol–water partition coefficient (Wildman–Crippen LogP) is 6.27. The summed E-state index contributed by atoms with van der Waals surface area (Å²) in [5.41, 5.74) is 3.20. The van der Waals surface area contributed by atoms with Crippen molar-refractivity contribution >= 4 is 24.8 Å². The zero-order chi connectivity index (χ0) is 13.5. The minimum atomic E-state index is -0.0823. The van der Waals surface area contributed by atoms with E-state index < -0.39 is 0 Å². The maximum atomic E-state index is 3.83. The molecule has 0 radical (unpaired) electrons. The van der Waals surface area contributed by atoms with Crippen molar-refractivity contribution < 1.29 is 19.2 Å². The van der Waals surface area contributed by atoms with Gasteiger partial charge in [-0.1, -0.05) is 0 Å². The molecular formula is C18H24Cl2Ti. The molecule has 3 heteroatoms. The summed E-state index contributed by atoms with van der Waals surface area (Å²) in [7, 11) is 0. The van der Waals surface area contributed by atoms with Crippen LogP contribution in [0.15, 0.2) is 68.5 Å². The Morgan fingerprint density at radius 2 is 1.29 bits per heavy atom. The van der Waals surface area contributed by atoms with Crippen LogP contribution in [0.3, 0.4) is 0 Å². The fourth-order valence-corrected chi connectivity index (χ4v) is 4.94. The van der Waals surface area contributed by atoms with Crippen LogP contribution >= 0.6 is 24.8 Å². The molecule has 0 heterocycles. The second kappa shape index (κ2) is 11.3. The first-order valence-corrected chi connectivity index (χ1v) is 8.67. The van der Waals surface area contributed by atoms with Crippen LogP contribution < -0.4 is 0 Å². The summed E-state index contributed by atoms with van der Waals surface area (Å²) in [5, 5.41) is 0. The molecule has 114 valence electrons. The molecule has 0 aliphatic heterocycles. The third kappa shape index (κ3) is 6.16. The Labute approximate surface area is 150 Å². The van der Waals surface area contributed by atoms with Gasteiger partial charge in [0.1, 0.15) is 0 Å². The summed E-state index contributed by atoms with van der Waals surface area (Å²) >= 11 is -0.0823. The average molecular weight is 359 g/mol. The summed E-state index contributed by atoms with van der Waals surface area (Å²) in [4.78, 5) is 0. The van der Waals surface area contributed by atoms with E-state index in [-0.39, 0.29) is 44.0 Å². The van der Waals surface area contributed by atoms with Gasteiger partial charge in [0.05, 0.1) is 0 Å². The smallest absolute Gasteiger partial charge is 0.147 e. The summed E-state index contributed by atoms with van der Waals surface area (Å²) in [5.74, 6) is 0. The minimum absolute atomic E-state index is 0. The molecule has 21 heavy (non-hydrogen) atoms. The Balaban J connectivity index is 0.00000200. The van der Waals surface area contributed by atoms with Crippen molar-refractivity contribution in [3.05, 3.63) is 68.5 Å². The second-order valence-corrected chi connectivity index (χ2v) is 7.28. The molecule has 0 atom stereocenters. The molecular weight excluding hydrogens is 335 g/mol. The van der Waals surface area contributed by atoms with Gasteiger partial charge in [-0.3, -0.25) is 0 Å². The first-order chi connectivity index (χ1) is 9.35. The van der Waals surface area contributed by atoms with Crippen LogP contribution in [0.2, 0.25) is 0 Å². The maximum absolute atomic E-state index is 3.83. The Morgan fingerprint density at radius 3 is 1.67 bits per heavy atom. The summed E-state index contributed by atoms with van der Waals surface area (Å²) in [6.07, 6.45) is 20.4. The van der Waals surface area contributed by atoms with Crippen LogP contribution in [0, 0.1) is 0 Å². The largest absolute Gasteiger partial charge is 0.147 e. The molecule has 0 aromatic rings. The van der Waals surface area contributed by atoms with Crippen LogP contribution in [-0.4, -0.2) is 0 Å².